The van der Waals surface area contributed by atoms with E-state index in [4.69, 9.17) is 16.3 Å². The van der Waals surface area contributed by atoms with Crippen LogP contribution in [-0.4, -0.2) is 35.7 Å². The summed E-state index contributed by atoms with van der Waals surface area (Å²) < 4.78 is 4.84. The molecule has 1 N–H and O–H groups in total. The SMILES string of the molecule is O=C(COC(=O)c1cc(Cl)ccc1[N+](=O)[O-])NCCCSc1ccccc1. The number of esters is 1. The predicted molar refractivity (Wildman–Crippen MR) is 103 cm³/mol. The minimum Gasteiger partial charge on any atom is -0.452 e. The van der Waals surface area contributed by atoms with Crippen molar-refractivity contribution in [2.75, 3.05) is 18.9 Å². The lowest BCUT2D eigenvalue weighted by Crippen LogP contribution is -2.30. The summed E-state index contributed by atoms with van der Waals surface area (Å²) in [4.78, 5) is 35.1. The number of carbonyl (C=O) groups is 2. The number of benzene rings is 2. The highest BCUT2D eigenvalue weighted by Crippen LogP contribution is 2.23. The average molecular weight is 409 g/mol. The van der Waals surface area contributed by atoms with Crippen LogP contribution in [0.5, 0.6) is 0 Å². The standard InChI is InChI=1S/C18H17ClN2O5S/c19-13-7-8-16(21(24)25)15(11-13)18(23)26-12-17(22)20-9-4-10-27-14-5-2-1-3-6-14/h1-3,5-8,11H,4,9-10,12H2,(H,20,22). The molecule has 2 aromatic rings. The Bertz CT molecular complexity index is 817. The highest BCUT2D eigenvalue weighted by molar-refractivity contribution is 7.99. The van der Waals surface area contributed by atoms with Gasteiger partial charge in [0.2, 0.25) is 0 Å². The largest absolute Gasteiger partial charge is 0.452 e. The summed E-state index contributed by atoms with van der Waals surface area (Å²) in [7, 11) is 0. The number of amides is 1. The van der Waals surface area contributed by atoms with Crippen molar-refractivity contribution < 1.29 is 19.2 Å². The molecule has 7 nitrogen and oxygen atoms in total. The second-order valence-corrected chi connectivity index (χ2v) is 6.96. The lowest BCUT2D eigenvalue weighted by atomic mass is 10.2. The molecule has 27 heavy (non-hydrogen) atoms. The van der Waals surface area contributed by atoms with Gasteiger partial charge in [-0.3, -0.25) is 14.9 Å². The van der Waals surface area contributed by atoms with Gasteiger partial charge in [-0.2, -0.15) is 0 Å². The Morgan fingerprint density at radius 3 is 2.63 bits per heavy atom. The van der Waals surface area contributed by atoms with Crippen molar-refractivity contribution in [2.24, 2.45) is 0 Å². The van der Waals surface area contributed by atoms with Crippen LogP contribution in [0.25, 0.3) is 0 Å². The van der Waals surface area contributed by atoms with E-state index in [9.17, 15) is 19.7 Å². The Labute approximate surface area is 165 Å². The molecular formula is C18H17ClN2O5S. The van der Waals surface area contributed by atoms with Crippen LogP contribution in [0.2, 0.25) is 5.02 Å². The quantitative estimate of drug-likeness (QED) is 0.223. The first-order valence-electron chi connectivity index (χ1n) is 8.03. The fourth-order valence-electron chi connectivity index (χ4n) is 2.10. The summed E-state index contributed by atoms with van der Waals surface area (Å²) in [5.41, 5.74) is -0.720. The fraction of sp³-hybridized carbons (Fsp3) is 0.222. The first-order chi connectivity index (χ1) is 13.0. The van der Waals surface area contributed by atoms with Crippen LogP contribution in [0.15, 0.2) is 53.4 Å². The van der Waals surface area contributed by atoms with E-state index in [1.54, 1.807) is 11.8 Å². The normalized spacial score (nSPS) is 10.3. The molecular weight excluding hydrogens is 392 g/mol. The van der Waals surface area contributed by atoms with Crippen LogP contribution in [0.1, 0.15) is 16.8 Å². The smallest absolute Gasteiger partial charge is 0.345 e. The van der Waals surface area contributed by atoms with E-state index in [-0.39, 0.29) is 10.6 Å². The van der Waals surface area contributed by atoms with Gasteiger partial charge in [0, 0.05) is 22.5 Å². The van der Waals surface area contributed by atoms with Crippen LogP contribution >= 0.6 is 23.4 Å². The molecule has 0 unspecified atom stereocenters. The molecule has 142 valence electrons. The molecule has 0 atom stereocenters. The van der Waals surface area contributed by atoms with Crippen molar-refractivity contribution in [3.8, 4) is 0 Å². The molecule has 0 radical (unpaired) electrons. The third-order valence-electron chi connectivity index (χ3n) is 3.36. The Morgan fingerprint density at radius 1 is 1.19 bits per heavy atom. The fourth-order valence-corrected chi connectivity index (χ4v) is 3.14. The number of halogens is 1. The molecule has 1 amide bonds. The minimum absolute atomic E-state index is 0.160. The molecule has 0 bridgehead atoms. The number of hydrogen-bond acceptors (Lipinski definition) is 6. The lowest BCUT2D eigenvalue weighted by Gasteiger charge is -2.07. The topological polar surface area (TPSA) is 98.5 Å². The molecule has 0 aromatic heterocycles. The number of thioether (sulfide) groups is 1. The van der Waals surface area contributed by atoms with Gasteiger partial charge in [0.25, 0.3) is 11.6 Å². The summed E-state index contributed by atoms with van der Waals surface area (Å²) in [6.07, 6.45) is 0.749. The summed E-state index contributed by atoms with van der Waals surface area (Å²) in [6.45, 7) is -0.0815. The molecule has 0 heterocycles. The highest BCUT2D eigenvalue weighted by atomic mass is 35.5. The summed E-state index contributed by atoms with van der Waals surface area (Å²) in [5.74, 6) is -0.615. The van der Waals surface area contributed by atoms with Crippen LogP contribution in [0.3, 0.4) is 0 Å². The van der Waals surface area contributed by atoms with Gasteiger partial charge in [-0.25, -0.2) is 4.79 Å². The monoisotopic (exact) mass is 408 g/mol. The van der Waals surface area contributed by atoms with Gasteiger partial charge in [0.05, 0.1) is 4.92 Å². The van der Waals surface area contributed by atoms with E-state index in [1.807, 2.05) is 30.3 Å². The van der Waals surface area contributed by atoms with Gasteiger partial charge in [0.15, 0.2) is 6.61 Å². The number of nitrogens with one attached hydrogen (secondary N) is 1. The summed E-state index contributed by atoms with van der Waals surface area (Å²) in [5, 5.41) is 13.7. The molecule has 0 spiro atoms. The lowest BCUT2D eigenvalue weighted by molar-refractivity contribution is -0.385. The van der Waals surface area contributed by atoms with E-state index in [2.05, 4.69) is 5.32 Å². The van der Waals surface area contributed by atoms with Crippen molar-refractivity contribution in [1.82, 2.24) is 5.32 Å². The van der Waals surface area contributed by atoms with Gasteiger partial charge >= 0.3 is 5.97 Å². The van der Waals surface area contributed by atoms with Crippen molar-refractivity contribution in [1.29, 1.82) is 0 Å². The number of rotatable bonds is 9. The maximum Gasteiger partial charge on any atom is 0.345 e. The third kappa shape index (κ3) is 6.92. The van der Waals surface area contributed by atoms with Gasteiger partial charge in [-0.1, -0.05) is 29.8 Å². The Balaban J connectivity index is 1.71. The summed E-state index contributed by atoms with van der Waals surface area (Å²) in [6, 6.07) is 13.4. The average Bonchev–Trinajstić information content (AvgIpc) is 2.66. The zero-order chi connectivity index (χ0) is 19.6. The minimum atomic E-state index is -0.973. The van der Waals surface area contributed by atoms with E-state index in [0.717, 1.165) is 29.2 Å². The van der Waals surface area contributed by atoms with Crippen LogP contribution in [0.4, 0.5) is 5.69 Å². The molecule has 2 rings (SSSR count). The number of nitrogens with zero attached hydrogens (tertiary/aromatic N) is 1. The highest BCUT2D eigenvalue weighted by Gasteiger charge is 2.22. The predicted octanol–water partition coefficient (Wildman–Crippen LogP) is 3.70. The molecule has 0 saturated carbocycles. The number of nitro benzene ring substituents is 1. The number of carbonyl (C=O) groups excluding carboxylic acids is 2. The van der Waals surface area contributed by atoms with Crippen LogP contribution in [-0.2, 0) is 9.53 Å². The van der Waals surface area contributed by atoms with Crippen molar-refractivity contribution in [3.05, 3.63) is 69.2 Å². The first-order valence-corrected chi connectivity index (χ1v) is 9.39. The van der Waals surface area contributed by atoms with E-state index >= 15 is 0 Å². The van der Waals surface area contributed by atoms with E-state index < -0.39 is 29.1 Å². The molecule has 9 heteroatoms. The third-order valence-corrected chi connectivity index (χ3v) is 4.70. The van der Waals surface area contributed by atoms with Crippen LogP contribution in [0, 0.1) is 10.1 Å². The Morgan fingerprint density at radius 2 is 1.93 bits per heavy atom. The second-order valence-electron chi connectivity index (χ2n) is 5.36. The zero-order valence-electron chi connectivity index (χ0n) is 14.2. The molecule has 0 aliphatic carbocycles. The molecule has 2 aromatic carbocycles. The Kier molecular flexibility index (Phi) is 8.09. The second kappa shape index (κ2) is 10.5. The number of hydrogen-bond donors (Lipinski definition) is 1. The first kappa shape index (κ1) is 20.7. The maximum atomic E-state index is 12.0. The van der Waals surface area contributed by atoms with Gasteiger partial charge in [0.1, 0.15) is 5.56 Å². The van der Waals surface area contributed by atoms with E-state index in [0.29, 0.717) is 6.54 Å². The number of nitro groups is 1. The molecule has 0 fully saturated rings. The maximum absolute atomic E-state index is 12.0. The van der Waals surface area contributed by atoms with Gasteiger partial charge < -0.3 is 10.1 Å². The molecule has 0 aliphatic rings. The van der Waals surface area contributed by atoms with Gasteiger partial charge in [-0.15, -0.1) is 11.8 Å². The summed E-state index contributed by atoms with van der Waals surface area (Å²) >= 11 is 7.44. The van der Waals surface area contributed by atoms with Crippen LogP contribution < -0.4 is 5.32 Å². The number of ether oxygens (including phenoxy) is 1. The van der Waals surface area contributed by atoms with Crippen molar-refractivity contribution in [2.45, 2.75) is 11.3 Å². The zero-order valence-corrected chi connectivity index (χ0v) is 15.8. The van der Waals surface area contributed by atoms with Crippen molar-refractivity contribution >= 4 is 40.9 Å². The van der Waals surface area contributed by atoms with E-state index in [1.165, 1.54) is 6.07 Å². The Hall–Kier alpha value is -2.58. The molecule has 0 aliphatic heterocycles. The van der Waals surface area contributed by atoms with Gasteiger partial charge in [-0.05, 0) is 36.4 Å². The van der Waals surface area contributed by atoms with Crippen molar-refractivity contribution in [3.63, 3.8) is 0 Å². The molecule has 0 saturated heterocycles.